The van der Waals surface area contributed by atoms with E-state index in [0.29, 0.717) is 11.3 Å². The lowest BCUT2D eigenvalue weighted by Crippen LogP contribution is -2.57. The van der Waals surface area contributed by atoms with Crippen molar-refractivity contribution in [2.75, 3.05) is 4.90 Å². The Hall–Kier alpha value is -2.21. The second-order valence-electron chi connectivity index (χ2n) is 4.01. The molecule has 94 valence electrons. The second kappa shape index (κ2) is 4.58. The molecule has 0 aromatic heterocycles. The zero-order valence-corrected chi connectivity index (χ0v) is 9.71. The Bertz CT molecular complexity index is 509. The number of hydrogen-bond donors (Lipinski definition) is 2. The molecule has 1 atom stereocenters. The number of carbonyl (C=O) groups excluding carboxylic acids is 3. The van der Waals surface area contributed by atoms with Gasteiger partial charge >= 0.3 is 6.03 Å². The molecule has 6 nitrogen and oxygen atoms in total. The van der Waals surface area contributed by atoms with Gasteiger partial charge in [-0.15, -0.1) is 0 Å². The molecule has 1 aliphatic rings. The molecule has 1 aromatic rings. The van der Waals surface area contributed by atoms with Gasteiger partial charge in [-0.05, 0) is 24.6 Å². The molecule has 1 aliphatic heterocycles. The highest BCUT2D eigenvalue weighted by Gasteiger charge is 2.38. The molecule has 0 aliphatic carbocycles. The van der Waals surface area contributed by atoms with Crippen LogP contribution in [-0.4, -0.2) is 23.0 Å². The number of barbiturate groups is 1. The van der Waals surface area contributed by atoms with Crippen LogP contribution in [-0.2, 0) is 16.2 Å². The molecule has 1 heterocycles. The summed E-state index contributed by atoms with van der Waals surface area (Å²) in [6.07, 6.45) is 0. The summed E-state index contributed by atoms with van der Waals surface area (Å²) in [6.45, 7) is 1.33. The minimum absolute atomic E-state index is 0.116. The van der Waals surface area contributed by atoms with E-state index < -0.39 is 23.8 Å². The first-order valence-corrected chi connectivity index (χ1v) is 5.43. The van der Waals surface area contributed by atoms with Crippen LogP contribution in [0.25, 0.3) is 0 Å². The summed E-state index contributed by atoms with van der Waals surface area (Å²) in [7, 11) is 0. The normalized spacial score (nSPS) is 20.0. The summed E-state index contributed by atoms with van der Waals surface area (Å²) in [5, 5.41) is 11.0. The van der Waals surface area contributed by atoms with Gasteiger partial charge in [-0.1, -0.05) is 12.1 Å². The maximum absolute atomic E-state index is 11.9. The number of imide groups is 2. The van der Waals surface area contributed by atoms with Gasteiger partial charge in [0.25, 0.3) is 0 Å². The topological polar surface area (TPSA) is 86.7 Å². The number of aliphatic hydroxyl groups excluding tert-OH is 1. The van der Waals surface area contributed by atoms with Crippen LogP contribution in [0.2, 0.25) is 0 Å². The van der Waals surface area contributed by atoms with E-state index >= 15 is 0 Å². The molecule has 0 saturated carbocycles. The highest BCUT2D eigenvalue weighted by atomic mass is 16.3. The zero-order valence-electron chi connectivity index (χ0n) is 9.71. The lowest BCUT2D eigenvalue weighted by atomic mass is 10.1. The maximum Gasteiger partial charge on any atom is 0.335 e. The Morgan fingerprint density at radius 3 is 2.39 bits per heavy atom. The van der Waals surface area contributed by atoms with Gasteiger partial charge in [0.2, 0.25) is 11.8 Å². The number of hydrogen-bond acceptors (Lipinski definition) is 4. The highest BCUT2D eigenvalue weighted by Crippen LogP contribution is 2.20. The van der Waals surface area contributed by atoms with Crippen LogP contribution in [0.15, 0.2) is 24.3 Å². The largest absolute Gasteiger partial charge is 0.392 e. The number of aliphatic hydroxyl groups is 1. The fourth-order valence-electron chi connectivity index (χ4n) is 1.67. The fourth-order valence-corrected chi connectivity index (χ4v) is 1.67. The summed E-state index contributed by atoms with van der Waals surface area (Å²) in [6, 6.07) is 5.56. The van der Waals surface area contributed by atoms with E-state index in [1.54, 1.807) is 24.3 Å². The SMILES string of the molecule is CC1C(=O)NC(=O)N(c2ccc(CO)cc2)C1=O. The average Bonchev–Trinajstić information content (AvgIpc) is 2.37. The molecule has 1 saturated heterocycles. The average molecular weight is 248 g/mol. The van der Waals surface area contributed by atoms with E-state index in [2.05, 4.69) is 5.32 Å². The lowest BCUT2D eigenvalue weighted by Gasteiger charge is -2.28. The number of nitrogens with one attached hydrogen (secondary N) is 1. The van der Waals surface area contributed by atoms with Crippen LogP contribution in [0.5, 0.6) is 0 Å². The van der Waals surface area contributed by atoms with E-state index in [1.807, 2.05) is 0 Å². The van der Waals surface area contributed by atoms with Crippen molar-refractivity contribution in [3.8, 4) is 0 Å². The molecule has 18 heavy (non-hydrogen) atoms. The molecule has 0 spiro atoms. The van der Waals surface area contributed by atoms with Crippen molar-refractivity contribution in [1.29, 1.82) is 0 Å². The third kappa shape index (κ3) is 1.98. The number of amides is 4. The van der Waals surface area contributed by atoms with Crippen molar-refractivity contribution in [3.63, 3.8) is 0 Å². The van der Waals surface area contributed by atoms with Crippen molar-refractivity contribution in [2.24, 2.45) is 5.92 Å². The van der Waals surface area contributed by atoms with Gasteiger partial charge in [-0.3, -0.25) is 14.9 Å². The number of urea groups is 1. The molecule has 1 unspecified atom stereocenters. The molecular weight excluding hydrogens is 236 g/mol. The van der Waals surface area contributed by atoms with Crippen LogP contribution in [0.4, 0.5) is 10.5 Å². The number of nitrogens with zero attached hydrogens (tertiary/aromatic N) is 1. The van der Waals surface area contributed by atoms with Crippen molar-refractivity contribution >= 4 is 23.5 Å². The van der Waals surface area contributed by atoms with Crippen LogP contribution >= 0.6 is 0 Å². The Morgan fingerprint density at radius 2 is 1.83 bits per heavy atom. The third-order valence-electron chi connectivity index (χ3n) is 2.79. The van der Waals surface area contributed by atoms with E-state index in [4.69, 9.17) is 5.11 Å². The molecular formula is C12H12N2O4. The van der Waals surface area contributed by atoms with E-state index in [9.17, 15) is 14.4 Å². The first-order chi connectivity index (χ1) is 8.54. The molecule has 2 N–H and O–H groups in total. The summed E-state index contributed by atoms with van der Waals surface area (Å²) in [4.78, 5) is 35.7. The van der Waals surface area contributed by atoms with Crippen molar-refractivity contribution in [1.82, 2.24) is 5.32 Å². The first-order valence-electron chi connectivity index (χ1n) is 5.43. The zero-order chi connectivity index (χ0) is 13.3. The van der Waals surface area contributed by atoms with Crippen molar-refractivity contribution in [3.05, 3.63) is 29.8 Å². The Morgan fingerprint density at radius 1 is 1.22 bits per heavy atom. The number of carbonyl (C=O) groups is 3. The quantitative estimate of drug-likeness (QED) is 0.741. The van der Waals surface area contributed by atoms with Crippen molar-refractivity contribution in [2.45, 2.75) is 13.5 Å². The maximum atomic E-state index is 11.9. The Kier molecular flexibility index (Phi) is 3.12. The summed E-state index contributed by atoms with van der Waals surface area (Å²) in [5.41, 5.74) is 1.04. The van der Waals surface area contributed by atoms with Gasteiger partial charge in [0, 0.05) is 0 Å². The number of anilines is 1. The van der Waals surface area contributed by atoms with Crippen LogP contribution in [0.3, 0.4) is 0 Å². The molecule has 1 aromatic carbocycles. The summed E-state index contributed by atoms with van der Waals surface area (Å²) >= 11 is 0. The van der Waals surface area contributed by atoms with Gasteiger partial charge in [-0.2, -0.15) is 0 Å². The predicted molar refractivity (Wildman–Crippen MR) is 62.6 cm³/mol. The summed E-state index contributed by atoms with van der Waals surface area (Å²) in [5.74, 6) is -2.03. The van der Waals surface area contributed by atoms with Crippen molar-refractivity contribution < 1.29 is 19.5 Å². The van der Waals surface area contributed by atoms with Crippen LogP contribution in [0.1, 0.15) is 12.5 Å². The van der Waals surface area contributed by atoms with E-state index in [0.717, 1.165) is 4.90 Å². The van der Waals surface area contributed by atoms with Crippen LogP contribution < -0.4 is 10.2 Å². The Balaban J connectivity index is 2.33. The molecule has 2 rings (SSSR count). The molecule has 6 heteroatoms. The third-order valence-corrected chi connectivity index (χ3v) is 2.79. The van der Waals surface area contributed by atoms with Crippen LogP contribution in [0, 0.1) is 5.92 Å². The molecule has 4 amide bonds. The standard InChI is InChI=1S/C12H12N2O4/c1-7-10(16)13-12(18)14(11(7)17)9-4-2-8(6-15)3-5-9/h2-5,7,15H,6H2,1H3,(H,13,16,18). The monoisotopic (exact) mass is 248 g/mol. The highest BCUT2D eigenvalue weighted by molar-refractivity contribution is 6.27. The first kappa shape index (κ1) is 12.3. The lowest BCUT2D eigenvalue weighted by molar-refractivity contribution is -0.133. The molecule has 0 bridgehead atoms. The van der Waals surface area contributed by atoms with Gasteiger partial charge in [0.15, 0.2) is 0 Å². The molecule has 0 radical (unpaired) electrons. The van der Waals surface area contributed by atoms with Gasteiger partial charge in [-0.25, -0.2) is 9.69 Å². The smallest absolute Gasteiger partial charge is 0.335 e. The minimum atomic E-state index is -0.889. The number of rotatable bonds is 2. The van der Waals surface area contributed by atoms with E-state index in [-0.39, 0.29) is 6.61 Å². The minimum Gasteiger partial charge on any atom is -0.392 e. The van der Waals surface area contributed by atoms with E-state index in [1.165, 1.54) is 6.92 Å². The van der Waals surface area contributed by atoms with Gasteiger partial charge < -0.3 is 5.11 Å². The summed E-state index contributed by atoms with van der Waals surface area (Å²) < 4.78 is 0. The fraction of sp³-hybridized carbons (Fsp3) is 0.250. The van der Waals surface area contributed by atoms with Gasteiger partial charge in [0.1, 0.15) is 5.92 Å². The van der Waals surface area contributed by atoms with Gasteiger partial charge in [0.05, 0.1) is 12.3 Å². The predicted octanol–water partition coefficient (Wildman–Crippen LogP) is 0.398. The Labute approximate surface area is 103 Å². The second-order valence-corrected chi connectivity index (χ2v) is 4.01. The molecule has 1 fully saturated rings. The number of benzene rings is 1.